The van der Waals surface area contributed by atoms with Crippen LogP contribution in [0, 0.1) is 0 Å². The van der Waals surface area contributed by atoms with Gasteiger partial charge in [0.15, 0.2) is 0 Å². The number of aryl methyl sites for hydroxylation is 1. The van der Waals surface area contributed by atoms with Crippen LogP contribution < -0.4 is 0 Å². The van der Waals surface area contributed by atoms with Crippen LogP contribution in [-0.2, 0) is 6.42 Å². The normalized spacial score (nSPS) is 11.6. The highest BCUT2D eigenvalue weighted by Gasteiger charge is 2.08. The minimum atomic E-state index is 0.199. The van der Waals surface area contributed by atoms with Crippen LogP contribution in [-0.4, -0.2) is 5.11 Å². The Morgan fingerprint density at radius 3 is 1.84 bits per heavy atom. The fraction of sp³-hybridized carbons (Fsp3) is 0.125. The molecule has 0 saturated heterocycles. The van der Waals surface area contributed by atoms with Crippen LogP contribution in [0.15, 0.2) is 130 Å². The first-order chi connectivity index (χ1) is 18.2. The molecule has 0 unspecified atom stereocenters. The smallest absolute Gasteiger partial charge is 0.115 e. The molecule has 0 amide bonds. The van der Waals surface area contributed by atoms with Crippen LogP contribution in [0.4, 0.5) is 22.7 Å². The molecule has 5 rings (SSSR count). The molecular formula is C32H28N4O. The fourth-order valence-corrected chi connectivity index (χ4v) is 4.22. The monoisotopic (exact) mass is 484 g/mol. The number of fused-ring (bicyclic) bond motifs is 1. The quantitative estimate of drug-likeness (QED) is 0.219. The van der Waals surface area contributed by atoms with E-state index in [1.165, 1.54) is 18.4 Å². The highest BCUT2D eigenvalue weighted by molar-refractivity contribution is 5.99. The maximum absolute atomic E-state index is 9.48. The van der Waals surface area contributed by atoms with Crippen molar-refractivity contribution >= 4 is 33.5 Å². The van der Waals surface area contributed by atoms with Crippen molar-refractivity contribution in [3.05, 3.63) is 115 Å². The SMILES string of the molecule is CCCCc1ccc(-c2ccccc2N=Nc2ccc(N=Nc3ccc(O)cc3)c3ccccc23)cc1. The predicted molar refractivity (Wildman–Crippen MR) is 151 cm³/mol. The molecule has 182 valence electrons. The van der Waals surface area contributed by atoms with E-state index in [1.54, 1.807) is 24.3 Å². The molecule has 0 aromatic heterocycles. The van der Waals surface area contributed by atoms with Gasteiger partial charge < -0.3 is 5.11 Å². The standard InChI is InChI=1S/C32H28N4O/c1-2-3-8-23-13-15-24(16-14-23)27-9-6-7-12-30(27)35-36-32-22-21-31(28-10-4-5-11-29(28)32)34-33-25-17-19-26(37)20-18-25/h4-7,9-22,37H,2-3,8H2,1H3. The minimum absolute atomic E-state index is 0.199. The third-order valence-corrected chi connectivity index (χ3v) is 6.25. The van der Waals surface area contributed by atoms with Gasteiger partial charge in [0, 0.05) is 16.3 Å². The molecule has 5 aromatic carbocycles. The van der Waals surface area contributed by atoms with Gasteiger partial charge in [-0.15, -0.1) is 15.3 Å². The second kappa shape index (κ2) is 11.4. The Hall–Kier alpha value is -4.64. The van der Waals surface area contributed by atoms with Gasteiger partial charge in [-0.1, -0.05) is 80.1 Å². The van der Waals surface area contributed by atoms with Gasteiger partial charge in [0.2, 0.25) is 0 Å². The van der Waals surface area contributed by atoms with E-state index in [9.17, 15) is 5.11 Å². The van der Waals surface area contributed by atoms with E-state index in [1.807, 2.05) is 54.6 Å². The number of rotatable bonds is 8. The molecule has 5 aromatic rings. The summed E-state index contributed by atoms with van der Waals surface area (Å²) in [4.78, 5) is 0. The average Bonchev–Trinajstić information content (AvgIpc) is 2.95. The van der Waals surface area contributed by atoms with Crippen molar-refractivity contribution in [1.82, 2.24) is 0 Å². The third-order valence-electron chi connectivity index (χ3n) is 6.25. The molecule has 1 N–H and O–H groups in total. The molecule has 0 fully saturated rings. The van der Waals surface area contributed by atoms with Crippen molar-refractivity contribution in [2.24, 2.45) is 20.5 Å². The number of benzene rings is 5. The lowest BCUT2D eigenvalue weighted by molar-refractivity contribution is 0.475. The summed E-state index contributed by atoms with van der Waals surface area (Å²) in [7, 11) is 0. The van der Waals surface area contributed by atoms with Gasteiger partial charge in [-0.25, -0.2) is 0 Å². The van der Waals surface area contributed by atoms with Crippen molar-refractivity contribution in [1.29, 1.82) is 0 Å². The first-order valence-electron chi connectivity index (χ1n) is 12.5. The molecule has 5 nitrogen and oxygen atoms in total. The fourth-order valence-electron chi connectivity index (χ4n) is 4.22. The highest BCUT2D eigenvalue weighted by Crippen LogP contribution is 2.37. The highest BCUT2D eigenvalue weighted by atomic mass is 16.3. The molecule has 0 radical (unpaired) electrons. The van der Waals surface area contributed by atoms with E-state index in [0.29, 0.717) is 5.69 Å². The van der Waals surface area contributed by atoms with Gasteiger partial charge in [0.25, 0.3) is 0 Å². The Bertz CT molecular complexity index is 1550. The lowest BCUT2D eigenvalue weighted by Gasteiger charge is -2.07. The van der Waals surface area contributed by atoms with Gasteiger partial charge in [-0.3, -0.25) is 0 Å². The van der Waals surface area contributed by atoms with Crippen LogP contribution in [0.25, 0.3) is 21.9 Å². The summed E-state index contributed by atoms with van der Waals surface area (Å²) in [5.74, 6) is 0.199. The van der Waals surface area contributed by atoms with Gasteiger partial charge in [-0.2, -0.15) is 5.11 Å². The molecule has 0 aliphatic carbocycles. The Balaban J connectivity index is 1.44. The van der Waals surface area contributed by atoms with Gasteiger partial charge in [0.05, 0.1) is 22.7 Å². The first-order valence-corrected chi connectivity index (χ1v) is 12.5. The van der Waals surface area contributed by atoms with E-state index < -0.39 is 0 Å². The third kappa shape index (κ3) is 5.78. The van der Waals surface area contributed by atoms with Crippen molar-refractivity contribution in [2.75, 3.05) is 0 Å². The first kappa shape index (κ1) is 24.1. The van der Waals surface area contributed by atoms with E-state index in [-0.39, 0.29) is 5.75 Å². The number of hydrogen-bond donors (Lipinski definition) is 1. The van der Waals surface area contributed by atoms with Gasteiger partial charge in [0.1, 0.15) is 5.75 Å². The summed E-state index contributed by atoms with van der Waals surface area (Å²) in [6, 6.07) is 35.3. The Labute approximate surface area is 216 Å². The Kier molecular flexibility index (Phi) is 7.42. The average molecular weight is 485 g/mol. The molecule has 0 saturated carbocycles. The number of phenols is 1. The number of nitrogens with zero attached hydrogens (tertiary/aromatic N) is 4. The summed E-state index contributed by atoms with van der Waals surface area (Å²) in [5.41, 5.74) is 6.54. The maximum Gasteiger partial charge on any atom is 0.115 e. The van der Waals surface area contributed by atoms with Gasteiger partial charge in [-0.05, 0) is 66.4 Å². The van der Waals surface area contributed by atoms with Crippen molar-refractivity contribution < 1.29 is 5.11 Å². The Morgan fingerprint density at radius 2 is 1.16 bits per heavy atom. The summed E-state index contributed by atoms with van der Waals surface area (Å²) in [6.45, 7) is 2.22. The van der Waals surface area contributed by atoms with Crippen molar-refractivity contribution in [2.45, 2.75) is 26.2 Å². The number of hydrogen-bond acceptors (Lipinski definition) is 5. The second-order valence-electron chi connectivity index (χ2n) is 8.88. The minimum Gasteiger partial charge on any atom is -0.508 e. The zero-order valence-corrected chi connectivity index (χ0v) is 20.7. The summed E-state index contributed by atoms with van der Waals surface area (Å²) in [5, 5.41) is 29.4. The maximum atomic E-state index is 9.48. The largest absolute Gasteiger partial charge is 0.508 e. The molecule has 0 spiro atoms. The van der Waals surface area contributed by atoms with Crippen LogP contribution in [0.2, 0.25) is 0 Å². The summed E-state index contributed by atoms with van der Waals surface area (Å²) in [6.07, 6.45) is 3.51. The van der Waals surface area contributed by atoms with Crippen LogP contribution in [0.1, 0.15) is 25.3 Å². The molecular weight excluding hydrogens is 456 g/mol. The van der Waals surface area contributed by atoms with Crippen LogP contribution in [0.3, 0.4) is 0 Å². The molecule has 37 heavy (non-hydrogen) atoms. The summed E-state index contributed by atoms with van der Waals surface area (Å²) >= 11 is 0. The molecule has 0 atom stereocenters. The number of aromatic hydroxyl groups is 1. The number of phenolic OH excluding ortho intramolecular Hbond substituents is 1. The second-order valence-corrected chi connectivity index (χ2v) is 8.88. The molecule has 0 aliphatic heterocycles. The number of unbranched alkanes of at least 4 members (excludes halogenated alkanes) is 1. The van der Waals surface area contributed by atoms with Crippen molar-refractivity contribution in [3.8, 4) is 16.9 Å². The Morgan fingerprint density at radius 1 is 0.568 bits per heavy atom. The molecule has 0 heterocycles. The molecule has 0 aliphatic rings. The molecule has 0 bridgehead atoms. The van der Waals surface area contributed by atoms with Crippen LogP contribution >= 0.6 is 0 Å². The van der Waals surface area contributed by atoms with Crippen LogP contribution in [0.5, 0.6) is 5.75 Å². The van der Waals surface area contributed by atoms with E-state index >= 15 is 0 Å². The lowest BCUT2D eigenvalue weighted by Crippen LogP contribution is -1.85. The van der Waals surface area contributed by atoms with E-state index in [4.69, 9.17) is 0 Å². The molecule has 5 heteroatoms. The topological polar surface area (TPSA) is 69.7 Å². The zero-order valence-electron chi connectivity index (χ0n) is 20.7. The summed E-state index contributed by atoms with van der Waals surface area (Å²) < 4.78 is 0. The van der Waals surface area contributed by atoms with E-state index in [2.05, 4.69) is 57.7 Å². The van der Waals surface area contributed by atoms with Gasteiger partial charge >= 0.3 is 0 Å². The lowest BCUT2D eigenvalue weighted by atomic mass is 10.0. The predicted octanol–water partition coefficient (Wildman–Crippen LogP) is 10.4. The van der Waals surface area contributed by atoms with E-state index in [0.717, 1.165) is 45.4 Å². The zero-order chi connectivity index (χ0) is 25.5. The number of azo groups is 2. The van der Waals surface area contributed by atoms with Crippen molar-refractivity contribution in [3.63, 3.8) is 0 Å².